The number of hydrogen-bond donors (Lipinski definition) is 1. The monoisotopic (exact) mass is 580 g/mol. The molecule has 1 N–H and O–H groups in total. The SMILES string of the molecule is Cc1ccc(-c2nc(-n3nc(C)c(-c4cccc(F)c4)c3C(=O)O)sc2SC(C)C)cc1C(=O)N1CCOCC1. The third kappa shape index (κ3) is 5.54. The molecule has 8 nitrogen and oxygen atoms in total. The fraction of sp³-hybridized carbons (Fsp3) is 0.310. The van der Waals surface area contributed by atoms with Crippen LogP contribution in [0.15, 0.2) is 46.7 Å². The number of morpholine rings is 1. The molecule has 0 unspecified atom stereocenters. The lowest BCUT2D eigenvalue weighted by Gasteiger charge is -2.27. The summed E-state index contributed by atoms with van der Waals surface area (Å²) in [5.74, 6) is -1.70. The molecule has 2 aromatic heterocycles. The number of halogens is 1. The molecule has 2 aromatic carbocycles. The molecule has 208 valence electrons. The molecular formula is C29H29FN4O4S2. The highest BCUT2D eigenvalue weighted by atomic mass is 32.2. The Hall–Kier alpha value is -3.54. The quantitative estimate of drug-likeness (QED) is 0.264. The number of carboxylic acid groups (broad SMARTS) is 1. The lowest BCUT2D eigenvalue weighted by atomic mass is 10.0. The second kappa shape index (κ2) is 11.5. The minimum atomic E-state index is -1.19. The lowest BCUT2D eigenvalue weighted by Crippen LogP contribution is -2.40. The molecule has 5 rings (SSSR count). The van der Waals surface area contributed by atoms with Gasteiger partial charge in [-0.15, -0.1) is 11.8 Å². The van der Waals surface area contributed by atoms with E-state index in [0.29, 0.717) is 59.5 Å². The van der Waals surface area contributed by atoms with E-state index in [1.807, 2.05) is 25.1 Å². The van der Waals surface area contributed by atoms with Gasteiger partial charge in [-0.1, -0.05) is 49.4 Å². The number of thiazole rings is 1. The van der Waals surface area contributed by atoms with Crippen LogP contribution >= 0.6 is 23.1 Å². The maximum Gasteiger partial charge on any atom is 0.355 e. The second-order valence-electron chi connectivity index (χ2n) is 9.77. The predicted molar refractivity (Wildman–Crippen MR) is 154 cm³/mol. The van der Waals surface area contributed by atoms with Gasteiger partial charge in [-0.2, -0.15) is 9.78 Å². The molecule has 1 saturated heterocycles. The van der Waals surface area contributed by atoms with Crippen molar-refractivity contribution in [3.05, 3.63) is 70.8 Å². The number of carbonyl (C=O) groups is 2. The van der Waals surface area contributed by atoms with E-state index < -0.39 is 11.8 Å². The van der Waals surface area contributed by atoms with Crippen LogP contribution in [-0.2, 0) is 4.74 Å². The average molecular weight is 581 g/mol. The topological polar surface area (TPSA) is 97.6 Å². The van der Waals surface area contributed by atoms with Gasteiger partial charge in [0.05, 0.1) is 28.8 Å². The minimum Gasteiger partial charge on any atom is -0.476 e. The minimum absolute atomic E-state index is 0.0493. The maximum absolute atomic E-state index is 14.0. The Bertz CT molecular complexity index is 1590. The number of hydrogen-bond acceptors (Lipinski definition) is 7. The Kier molecular flexibility index (Phi) is 8.07. The average Bonchev–Trinajstić information content (AvgIpc) is 3.49. The molecule has 0 spiro atoms. The van der Waals surface area contributed by atoms with Crippen LogP contribution < -0.4 is 0 Å². The van der Waals surface area contributed by atoms with E-state index in [9.17, 15) is 19.1 Å². The van der Waals surface area contributed by atoms with Gasteiger partial charge in [-0.3, -0.25) is 4.79 Å². The Balaban J connectivity index is 1.63. The van der Waals surface area contributed by atoms with E-state index in [1.54, 1.807) is 35.7 Å². The first kappa shape index (κ1) is 28.0. The summed E-state index contributed by atoms with van der Waals surface area (Å²) in [6.07, 6.45) is 0. The summed E-state index contributed by atoms with van der Waals surface area (Å²) in [4.78, 5) is 32.5. The van der Waals surface area contributed by atoms with Crippen molar-refractivity contribution in [2.75, 3.05) is 26.3 Å². The van der Waals surface area contributed by atoms with Crippen molar-refractivity contribution < 1.29 is 23.8 Å². The lowest BCUT2D eigenvalue weighted by molar-refractivity contribution is 0.0302. The van der Waals surface area contributed by atoms with Crippen LogP contribution in [0.4, 0.5) is 4.39 Å². The highest BCUT2D eigenvalue weighted by Crippen LogP contribution is 2.41. The molecule has 0 atom stereocenters. The van der Waals surface area contributed by atoms with Crippen molar-refractivity contribution in [1.82, 2.24) is 19.7 Å². The molecule has 3 heterocycles. The summed E-state index contributed by atoms with van der Waals surface area (Å²) < 4.78 is 21.6. The molecule has 40 heavy (non-hydrogen) atoms. The van der Waals surface area contributed by atoms with Gasteiger partial charge < -0.3 is 14.7 Å². The van der Waals surface area contributed by atoms with Gasteiger partial charge in [0.15, 0.2) is 5.69 Å². The number of nitrogens with zero attached hydrogens (tertiary/aromatic N) is 4. The first-order valence-electron chi connectivity index (χ1n) is 12.9. The molecular weight excluding hydrogens is 551 g/mol. The van der Waals surface area contributed by atoms with Crippen LogP contribution in [0.2, 0.25) is 0 Å². The highest BCUT2D eigenvalue weighted by molar-refractivity contribution is 8.01. The third-order valence-corrected chi connectivity index (χ3v) is 8.77. The van der Waals surface area contributed by atoms with Gasteiger partial charge >= 0.3 is 5.97 Å². The van der Waals surface area contributed by atoms with E-state index in [1.165, 1.54) is 28.2 Å². The van der Waals surface area contributed by atoms with Crippen LogP contribution in [0.25, 0.3) is 27.5 Å². The fourth-order valence-electron chi connectivity index (χ4n) is 4.65. The van der Waals surface area contributed by atoms with E-state index in [0.717, 1.165) is 15.3 Å². The highest BCUT2D eigenvalue weighted by Gasteiger charge is 2.28. The second-order valence-corrected chi connectivity index (χ2v) is 12.6. The molecule has 0 bridgehead atoms. The zero-order valence-electron chi connectivity index (χ0n) is 22.6. The number of carboxylic acids is 1. The molecule has 1 aliphatic heterocycles. The molecule has 0 aliphatic carbocycles. The van der Waals surface area contributed by atoms with Crippen molar-refractivity contribution in [2.45, 2.75) is 37.2 Å². The number of amides is 1. The van der Waals surface area contributed by atoms with Gasteiger partial charge in [0.2, 0.25) is 5.13 Å². The number of thioether (sulfide) groups is 1. The smallest absolute Gasteiger partial charge is 0.355 e. The predicted octanol–water partition coefficient (Wildman–Crippen LogP) is 6.09. The van der Waals surface area contributed by atoms with E-state index in [4.69, 9.17) is 9.72 Å². The zero-order chi connectivity index (χ0) is 28.6. The Labute approximate surface area is 239 Å². The van der Waals surface area contributed by atoms with E-state index >= 15 is 0 Å². The van der Waals surface area contributed by atoms with Crippen molar-refractivity contribution >= 4 is 35.0 Å². The van der Waals surface area contributed by atoms with E-state index in [2.05, 4.69) is 18.9 Å². The van der Waals surface area contributed by atoms with Gasteiger partial charge in [-0.25, -0.2) is 14.2 Å². The van der Waals surface area contributed by atoms with Gasteiger partial charge in [0.25, 0.3) is 5.91 Å². The Morgan fingerprint density at radius 1 is 1.10 bits per heavy atom. The van der Waals surface area contributed by atoms with Crippen molar-refractivity contribution in [3.63, 3.8) is 0 Å². The van der Waals surface area contributed by atoms with Gasteiger partial charge in [0.1, 0.15) is 5.82 Å². The van der Waals surface area contributed by atoms with Crippen molar-refractivity contribution in [2.24, 2.45) is 0 Å². The number of carbonyl (C=O) groups excluding carboxylic acids is 1. The first-order valence-corrected chi connectivity index (χ1v) is 14.6. The van der Waals surface area contributed by atoms with Crippen LogP contribution in [0.1, 0.15) is 46.0 Å². The molecule has 4 aromatic rings. The van der Waals surface area contributed by atoms with Gasteiger partial charge in [-0.05, 0) is 43.2 Å². The molecule has 0 radical (unpaired) electrons. The number of aromatic nitrogens is 3. The summed E-state index contributed by atoms with van der Waals surface area (Å²) in [5, 5.41) is 15.4. The van der Waals surface area contributed by atoms with Crippen LogP contribution in [0, 0.1) is 19.7 Å². The first-order chi connectivity index (χ1) is 19.1. The summed E-state index contributed by atoms with van der Waals surface area (Å²) in [5.41, 5.74) is 4.03. The molecule has 1 amide bonds. The number of rotatable bonds is 7. The Morgan fingerprint density at radius 3 is 2.52 bits per heavy atom. The van der Waals surface area contributed by atoms with Crippen LogP contribution in [-0.4, -0.2) is 68.2 Å². The third-order valence-electron chi connectivity index (χ3n) is 6.52. The van der Waals surface area contributed by atoms with Crippen molar-refractivity contribution in [1.29, 1.82) is 0 Å². The van der Waals surface area contributed by atoms with Crippen LogP contribution in [0.5, 0.6) is 0 Å². The number of aryl methyl sites for hydroxylation is 2. The molecule has 1 fully saturated rings. The summed E-state index contributed by atoms with van der Waals surface area (Å²) in [6.45, 7) is 9.87. The normalized spacial score (nSPS) is 13.7. The van der Waals surface area contributed by atoms with E-state index in [-0.39, 0.29) is 16.9 Å². The van der Waals surface area contributed by atoms with Gasteiger partial charge in [0, 0.05) is 35.0 Å². The number of aromatic carboxylic acids is 1. The van der Waals surface area contributed by atoms with Crippen LogP contribution in [0.3, 0.4) is 0 Å². The Morgan fingerprint density at radius 2 is 1.85 bits per heavy atom. The number of ether oxygens (including phenoxy) is 1. The molecule has 11 heteroatoms. The summed E-state index contributed by atoms with van der Waals surface area (Å²) in [7, 11) is 0. The zero-order valence-corrected chi connectivity index (χ0v) is 24.2. The maximum atomic E-state index is 14.0. The standard InChI is InChI=1S/C29H29FN4O4S2/c1-16(2)39-28-24(20-9-8-17(3)22(15-20)26(35)33-10-12-38-13-11-33)31-29(40-28)34-25(27(36)37)23(18(4)32-34)19-6-5-7-21(30)14-19/h5-9,14-16H,10-13H2,1-4H3,(H,36,37). The summed E-state index contributed by atoms with van der Waals surface area (Å²) in [6, 6.07) is 11.5. The largest absolute Gasteiger partial charge is 0.476 e. The molecule has 0 saturated carbocycles. The summed E-state index contributed by atoms with van der Waals surface area (Å²) >= 11 is 2.95. The molecule has 1 aliphatic rings. The fourth-order valence-corrected chi connectivity index (χ4v) is 7.13. The number of benzene rings is 2. The van der Waals surface area contributed by atoms with Crippen molar-refractivity contribution in [3.8, 4) is 27.5 Å².